The zero-order valence-electron chi connectivity index (χ0n) is 17.2. The SMILES string of the molecule is CCOC(=O)/C=C(\C)CC[C@@H]1[C@@]2(C)CCCC(C)(C)[C@@H]2CC[C@]1(C)O. The Kier molecular flexibility index (Phi) is 6.08. The molecule has 0 aromatic heterocycles. The number of aliphatic hydroxyl groups is 1. The minimum absolute atomic E-state index is 0.188. The van der Waals surface area contributed by atoms with Crippen molar-refractivity contribution >= 4 is 5.97 Å². The van der Waals surface area contributed by atoms with Crippen molar-refractivity contribution in [3.8, 4) is 0 Å². The molecule has 0 radical (unpaired) electrons. The minimum Gasteiger partial charge on any atom is -0.463 e. The summed E-state index contributed by atoms with van der Waals surface area (Å²) in [6.07, 6.45) is 9.19. The maximum atomic E-state index is 11.7. The smallest absolute Gasteiger partial charge is 0.330 e. The number of rotatable bonds is 5. The van der Waals surface area contributed by atoms with Gasteiger partial charge in [0, 0.05) is 6.08 Å². The lowest BCUT2D eigenvalue weighted by molar-refractivity contribution is -0.168. The van der Waals surface area contributed by atoms with Crippen molar-refractivity contribution in [1.29, 1.82) is 0 Å². The number of hydrogen-bond donors (Lipinski definition) is 1. The molecule has 0 heterocycles. The normalized spacial score (nSPS) is 38.1. The fourth-order valence-corrected chi connectivity index (χ4v) is 6.09. The van der Waals surface area contributed by atoms with E-state index < -0.39 is 5.60 Å². The van der Waals surface area contributed by atoms with Gasteiger partial charge >= 0.3 is 5.97 Å². The molecular weight excluding hydrogens is 312 g/mol. The molecule has 25 heavy (non-hydrogen) atoms. The van der Waals surface area contributed by atoms with E-state index in [1.807, 2.05) is 20.8 Å². The lowest BCUT2D eigenvalue weighted by Gasteiger charge is -2.61. The van der Waals surface area contributed by atoms with Gasteiger partial charge in [0.05, 0.1) is 12.2 Å². The second-order valence-corrected chi connectivity index (χ2v) is 9.63. The average molecular weight is 351 g/mol. The Labute approximate surface area is 154 Å². The van der Waals surface area contributed by atoms with Crippen LogP contribution < -0.4 is 0 Å². The van der Waals surface area contributed by atoms with Crippen LogP contribution >= 0.6 is 0 Å². The molecule has 0 aromatic rings. The number of ether oxygens (including phenoxy) is 1. The van der Waals surface area contributed by atoms with Crippen molar-refractivity contribution in [3.05, 3.63) is 11.6 Å². The lowest BCUT2D eigenvalue weighted by atomic mass is 9.45. The number of carbonyl (C=O) groups excluding carboxylic acids is 1. The van der Waals surface area contributed by atoms with E-state index in [0.29, 0.717) is 17.9 Å². The van der Waals surface area contributed by atoms with Crippen LogP contribution in [0.5, 0.6) is 0 Å². The predicted molar refractivity (Wildman–Crippen MR) is 102 cm³/mol. The summed E-state index contributed by atoms with van der Waals surface area (Å²) < 4.78 is 5.01. The maximum Gasteiger partial charge on any atom is 0.330 e. The van der Waals surface area contributed by atoms with Crippen molar-refractivity contribution in [1.82, 2.24) is 0 Å². The van der Waals surface area contributed by atoms with E-state index in [1.165, 1.54) is 19.3 Å². The lowest BCUT2D eigenvalue weighted by Crippen LogP contribution is -2.57. The van der Waals surface area contributed by atoms with E-state index >= 15 is 0 Å². The standard InChI is InChI=1S/C22H38O3/c1-7-25-19(23)15-16(2)9-10-18-21(5)13-8-12-20(3,4)17(21)11-14-22(18,6)24/h15,17-18,24H,7-14H2,1-6H3/b16-15+/t17-,18+,21-,22-/m0/s1. The van der Waals surface area contributed by atoms with Crippen LogP contribution in [0.1, 0.15) is 86.5 Å². The van der Waals surface area contributed by atoms with Crippen LogP contribution in [0.2, 0.25) is 0 Å². The summed E-state index contributed by atoms with van der Waals surface area (Å²) in [6.45, 7) is 13.5. The first-order valence-electron chi connectivity index (χ1n) is 10.1. The van der Waals surface area contributed by atoms with Crippen LogP contribution in [-0.4, -0.2) is 23.3 Å². The third kappa shape index (κ3) is 4.30. The van der Waals surface area contributed by atoms with Gasteiger partial charge in [0.2, 0.25) is 0 Å². The van der Waals surface area contributed by atoms with Gasteiger partial charge in [-0.15, -0.1) is 0 Å². The molecule has 3 heteroatoms. The quantitative estimate of drug-likeness (QED) is 0.543. The molecule has 1 N–H and O–H groups in total. The van der Waals surface area contributed by atoms with Crippen molar-refractivity contribution in [2.45, 2.75) is 92.1 Å². The van der Waals surface area contributed by atoms with Crippen molar-refractivity contribution in [3.63, 3.8) is 0 Å². The van der Waals surface area contributed by atoms with Gasteiger partial charge in [-0.2, -0.15) is 0 Å². The first-order chi connectivity index (χ1) is 11.5. The van der Waals surface area contributed by atoms with Gasteiger partial charge in [0.15, 0.2) is 0 Å². The van der Waals surface area contributed by atoms with Crippen LogP contribution in [0.15, 0.2) is 11.6 Å². The Hall–Kier alpha value is -0.830. The highest BCUT2D eigenvalue weighted by atomic mass is 16.5. The number of fused-ring (bicyclic) bond motifs is 1. The molecule has 0 bridgehead atoms. The zero-order chi connectivity index (χ0) is 18.9. The highest BCUT2D eigenvalue weighted by Crippen LogP contribution is 2.62. The van der Waals surface area contributed by atoms with Gasteiger partial charge in [0.25, 0.3) is 0 Å². The van der Waals surface area contributed by atoms with E-state index in [-0.39, 0.29) is 17.3 Å². The number of carbonyl (C=O) groups is 1. The van der Waals surface area contributed by atoms with Crippen LogP contribution in [0, 0.1) is 22.7 Å². The summed E-state index contributed by atoms with van der Waals surface area (Å²) in [6, 6.07) is 0. The molecule has 0 saturated heterocycles. The third-order valence-electron chi connectivity index (χ3n) is 7.24. The second-order valence-electron chi connectivity index (χ2n) is 9.63. The van der Waals surface area contributed by atoms with Gasteiger partial charge in [-0.3, -0.25) is 0 Å². The summed E-state index contributed by atoms with van der Waals surface area (Å²) in [5.74, 6) is 0.704. The Morgan fingerprint density at radius 1 is 1.20 bits per heavy atom. The van der Waals surface area contributed by atoms with Gasteiger partial charge in [-0.25, -0.2) is 4.79 Å². The molecule has 2 fully saturated rings. The summed E-state index contributed by atoms with van der Waals surface area (Å²) in [7, 11) is 0. The van der Waals surface area contributed by atoms with Crippen LogP contribution in [-0.2, 0) is 9.53 Å². The topological polar surface area (TPSA) is 46.5 Å². The molecule has 0 aromatic carbocycles. The van der Waals surface area contributed by atoms with E-state index in [4.69, 9.17) is 4.74 Å². The summed E-state index contributed by atoms with van der Waals surface area (Å²) in [5, 5.41) is 11.2. The van der Waals surface area contributed by atoms with E-state index in [2.05, 4.69) is 20.8 Å². The summed E-state index contributed by atoms with van der Waals surface area (Å²) in [4.78, 5) is 11.7. The van der Waals surface area contributed by atoms with Crippen LogP contribution in [0.25, 0.3) is 0 Å². The van der Waals surface area contributed by atoms with Crippen LogP contribution in [0.4, 0.5) is 0 Å². The largest absolute Gasteiger partial charge is 0.463 e. The highest BCUT2D eigenvalue weighted by molar-refractivity contribution is 5.82. The molecule has 2 aliphatic rings. The molecular formula is C22H38O3. The third-order valence-corrected chi connectivity index (χ3v) is 7.24. The van der Waals surface area contributed by atoms with Crippen molar-refractivity contribution in [2.75, 3.05) is 6.61 Å². The summed E-state index contributed by atoms with van der Waals surface area (Å²) >= 11 is 0. The molecule has 3 nitrogen and oxygen atoms in total. The molecule has 0 unspecified atom stereocenters. The minimum atomic E-state index is -0.608. The van der Waals surface area contributed by atoms with Gasteiger partial charge in [0.1, 0.15) is 0 Å². The highest BCUT2D eigenvalue weighted by Gasteiger charge is 2.57. The van der Waals surface area contributed by atoms with Crippen LogP contribution in [0.3, 0.4) is 0 Å². The molecule has 4 atom stereocenters. The molecule has 0 spiro atoms. The molecule has 2 aliphatic carbocycles. The molecule has 0 aliphatic heterocycles. The fraction of sp³-hybridized carbons (Fsp3) is 0.864. The number of esters is 1. The number of allylic oxidation sites excluding steroid dienone is 1. The zero-order valence-corrected chi connectivity index (χ0v) is 17.2. The fourth-order valence-electron chi connectivity index (χ4n) is 6.09. The Bertz CT molecular complexity index is 517. The molecule has 2 rings (SSSR count). The molecule has 2 saturated carbocycles. The van der Waals surface area contributed by atoms with Gasteiger partial charge in [-0.05, 0) is 82.0 Å². The average Bonchev–Trinajstić information content (AvgIpc) is 2.44. The molecule has 0 amide bonds. The number of hydrogen-bond acceptors (Lipinski definition) is 3. The second kappa shape index (κ2) is 7.42. The first kappa shape index (κ1) is 20.5. The monoisotopic (exact) mass is 350 g/mol. The van der Waals surface area contributed by atoms with E-state index in [9.17, 15) is 9.90 Å². The first-order valence-corrected chi connectivity index (χ1v) is 10.1. The van der Waals surface area contributed by atoms with Gasteiger partial charge in [-0.1, -0.05) is 32.8 Å². The van der Waals surface area contributed by atoms with E-state index in [0.717, 1.165) is 31.3 Å². The maximum absolute atomic E-state index is 11.7. The van der Waals surface area contributed by atoms with Crippen molar-refractivity contribution < 1.29 is 14.6 Å². The Morgan fingerprint density at radius 2 is 1.88 bits per heavy atom. The Balaban J connectivity index is 2.16. The predicted octanol–water partition coefficient (Wildman–Crippen LogP) is 5.27. The molecule has 144 valence electrons. The van der Waals surface area contributed by atoms with Crippen molar-refractivity contribution in [2.24, 2.45) is 22.7 Å². The Morgan fingerprint density at radius 3 is 2.52 bits per heavy atom. The van der Waals surface area contributed by atoms with E-state index in [1.54, 1.807) is 6.08 Å². The van der Waals surface area contributed by atoms with Gasteiger partial charge < -0.3 is 9.84 Å². The summed E-state index contributed by atoms with van der Waals surface area (Å²) in [5.41, 5.74) is 0.990.